The molecule has 2 aromatic rings. The molecule has 1 unspecified atom stereocenters. The summed E-state index contributed by atoms with van der Waals surface area (Å²) in [6, 6.07) is 6.02. The topological polar surface area (TPSA) is 69.6 Å². The molecule has 96 valence electrons. The standard InChI is InChI=1S/C11H14ClN5S/c1-7(13)5-8-3-4-9(6-10(8)12)18-11-14-15-16-17(11)2/h3-4,6-7H,5,13H2,1-2H3. The van der Waals surface area contributed by atoms with E-state index in [0.29, 0.717) is 0 Å². The summed E-state index contributed by atoms with van der Waals surface area (Å²) in [5, 5.41) is 12.7. The van der Waals surface area contributed by atoms with Crippen LogP contribution in [0.2, 0.25) is 5.02 Å². The molecule has 1 atom stereocenters. The molecule has 0 fully saturated rings. The number of aromatic nitrogens is 4. The van der Waals surface area contributed by atoms with Crippen LogP contribution in [-0.2, 0) is 13.5 Å². The molecular weight excluding hydrogens is 270 g/mol. The van der Waals surface area contributed by atoms with Gasteiger partial charge in [-0.3, -0.25) is 0 Å². The first kappa shape index (κ1) is 13.3. The molecule has 5 nitrogen and oxygen atoms in total. The number of nitrogens with zero attached hydrogens (tertiary/aromatic N) is 4. The first-order chi connectivity index (χ1) is 8.56. The minimum Gasteiger partial charge on any atom is -0.328 e. The number of rotatable bonds is 4. The Morgan fingerprint density at radius 3 is 2.83 bits per heavy atom. The molecule has 7 heteroatoms. The van der Waals surface area contributed by atoms with Gasteiger partial charge < -0.3 is 5.73 Å². The average Bonchev–Trinajstić information content (AvgIpc) is 2.68. The molecule has 0 spiro atoms. The van der Waals surface area contributed by atoms with Crippen LogP contribution in [0.5, 0.6) is 0 Å². The molecule has 0 radical (unpaired) electrons. The van der Waals surface area contributed by atoms with E-state index < -0.39 is 0 Å². The number of aryl methyl sites for hydroxylation is 1. The number of tetrazole rings is 1. The van der Waals surface area contributed by atoms with Crippen molar-refractivity contribution in [3.8, 4) is 0 Å². The Balaban J connectivity index is 2.16. The van der Waals surface area contributed by atoms with Gasteiger partial charge in [0.05, 0.1) is 0 Å². The lowest BCUT2D eigenvalue weighted by atomic mass is 10.1. The molecule has 1 heterocycles. The van der Waals surface area contributed by atoms with Crippen molar-refractivity contribution in [2.75, 3.05) is 0 Å². The van der Waals surface area contributed by atoms with E-state index in [4.69, 9.17) is 17.3 Å². The van der Waals surface area contributed by atoms with Crippen molar-refractivity contribution in [3.63, 3.8) is 0 Å². The summed E-state index contributed by atoms with van der Waals surface area (Å²) < 4.78 is 1.62. The Kier molecular flexibility index (Phi) is 4.21. The predicted molar refractivity (Wildman–Crippen MR) is 71.7 cm³/mol. The second kappa shape index (κ2) is 5.69. The highest BCUT2D eigenvalue weighted by Gasteiger charge is 2.08. The highest BCUT2D eigenvalue weighted by molar-refractivity contribution is 7.99. The molecule has 0 aliphatic rings. The van der Waals surface area contributed by atoms with Gasteiger partial charge in [-0.25, -0.2) is 4.68 Å². The molecule has 0 aliphatic heterocycles. The van der Waals surface area contributed by atoms with E-state index in [1.165, 1.54) is 11.8 Å². The van der Waals surface area contributed by atoms with Gasteiger partial charge in [0.25, 0.3) is 0 Å². The van der Waals surface area contributed by atoms with Crippen molar-refractivity contribution in [2.24, 2.45) is 12.8 Å². The van der Waals surface area contributed by atoms with Crippen molar-refractivity contribution < 1.29 is 0 Å². The SMILES string of the molecule is CC(N)Cc1ccc(Sc2nnnn2C)cc1Cl. The molecule has 0 saturated heterocycles. The lowest BCUT2D eigenvalue weighted by Gasteiger charge is -2.08. The van der Waals surface area contributed by atoms with Gasteiger partial charge in [0.15, 0.2) is 0 Å². The van der Waals surface area contributed by atoms with Gasteiger partial charge in [-0.05, 0) is 53.2 Å². The Morgan fingerprint density at radius 2 is 2.28 bits per heavy atom. The van der Waals surface area contributed by atoms with Crippen molar-refractivity contribution in [2.45, 2.75) is 29.4 Å². The first-order valence-electron chi connectivity index (χ1n) is 5.50. The zero-order valence-corrected chi connectivity index (χ0v) is 11.7. The fraction of sp³-hybridized carbons (Fsp3) is 0.364. The van der Waals surface area contributed by atoms with Crippen LogP contribution in [0.3, 0.4) is 0 Å². The summed E-state index contributed by atoms with van der Waals surface area (Å²) in [6.07, 6.45) is 0.773. The van der Waals surface area contributed by atoms with E-state index in [9.17, 15) is 0 Å². The van der Waals surface area contributed by atoms with Gasteiger partial charge >= 0.3 is 0 Å². The van der Waals surface area contributed by atoms with E-state index in [-0.39, 0.29) is 6.04 Å². The zero-order chi connectivity index (χ0) is 13.1. The third-order valence-electron chi connectivity index (χ3n) is 2.36. The van der Waals surface area contributed by atoms with Crippen LogP contribution < -0.4 is 5.73 Å². The Bertz CT molecular complexity index is 540. The maximum atomic E-state index is 6.23. The Labute approximate surface area is 115 Å². The molecule has 0 bridgehead atoms. The summed E-state index contributed by atoms with van der Waals surface area (Å²) in [6.45, 7) is 1.96. The average molecular weight is 284 g/mol. The normalized spacial score (nSPS) is 12.7. The Morgan fingerprint density at radius 1 is 1.50 bits per heavy atom. The maximum absolute atomic E-state index is 6.23. The van der Waals surface area contributed by atoms with Gasteiger partial charge in [0.2, 0.25) is 5.16 Å². The number of nitrogens with two attached hydrogens (primary N) is 1. The van der Waals surface area contributed by atoms with Gasteiger partial charge in [-0.1, -0.05) is 17.7 Å². The lowest BCUT2D eigenvalue weighted by molar-refractivity contribution is 0.664. The monoisotopic (exact) mass is 283 g/mol. The minimum absolute atomic E-state index is 0.101. The van der Waals surface area contributed by atoms with E-state index in [2.05, 4.69) is 15.5 Å². The maximum Gasteiger partial charge on any atom is 0.213 e. The molecule has 0 aliphatic carbocycles. The second-order valence-electron chi connectivity index (χ2n) is 4.12. The van der Waals surface area contributed by atoms with Crippen molar-refractivity contribution in [3.05, 3.63) is 28.8 Å². The smallest absolute Gasteiger partial charge is 0.213 e. The van der Waals surface area contributed by atoms with E-state index >= 15 is 0 Å². The van der Waals surface area contributed by atoms with Crippen LogP contribution in [0.25, 0.3) is 0 Å². The number of halogens is 1. The van der Waals surface area contributed by atoms with E-state index in [1.54, 1.807) is 11.7 Å². The highest BCUT2D eigenvalue weighted by atomic mass is 35.5. The summed E-state index contributed by atoms with van der Waals surface area (Å²) in [7, 11) is 1.80. The Hall–Kier alpha value is -1.11. The van der Waals surface area contributed by atoms with Crippen molar-refractivity contribution in [1.82, 2.24) is 20.2 Å². The van der Waals surface area contributed by atoms with Crippen LogP contribution in [0, 0.1) is 0 Å². The van der Waals surface area contributed by atoms with Crippen LogP contribution in [0.1, 0.15) is 12.5 Å². The summed E-state index contributed by atoms with van der Waals surface area (Å²) >= 11 is 7.70. The number of hydrogen-bond acceptors (Lipinski definition) is 5. The largest absolute Gasteiger partial charge is 0.328 e. The minimum atomic E-state index is 0.101. The highest BCUT2D eigenvalue weighted by Crippen LogP contribution is 2.29. The molecule has 0 saturated carbocycles. The molecule has 18 heavy (non-hydrogen) atoms. The molecule has 1 aromatic carbocycles. The third-order valence-corrected chi connectivity index (χ3v) is 3.73. The summed E-state index contributed by atoms with van der Waals surface area (Å²) in [5.41, 5.74) is 6.83. The van der Waals surface area contributed by atoms with E-state index in [0.717, 1.165) is 27.1 Å². The van der Waals surface area contributed by atoms with Crippen LogP contribution in [0.4, 0.5) is 0 Å². The molecule has 0 amide bonds. The number of benzene rings is 1. The molecular formula is C11H14ClN5S. The summed E-state index contributed by atoms with van der Waals surface area (Å²) in [5.74, 6) is 0. The van der Waals surface area contributed by atoms with Crippen molar-refractivity contribution in [1.29, 1.82) is 0 Å². The third kappa shape index (κ3) is 3.22. The lowest BCUT2D eigenvalue weighted by Crippen LogP contribution is -2.17. The van der Waals surface area contributed by atoms with Crippen LogP contribution in [0.15, 0.2) is 28.3 Å². The zero-order valence-electron chi connectivity index (χ0n) is 10.2. The molecule has 2 N–H and O–H groups in total. The van der Waals surface area contributed by atoms with Crippen LogP contribution in [-0.4, -0.2) is 26.2 Å². The quantitative estimate of drug-likeness (QED) is 0.928. The van der Waals surface area contributed by atoms with Gasteiger partial charge in [0.1, 0.15) is 0 Å². The van der Waals surface area contributed by atoms with Gasteiger partial charge in [0, 0.05) is 23.0 Å². The summed E-state index contributed by atoms with van der Waals surface area (Å²) in [4.78, 5) is 1.01. The predicted octanol–water partition coefficient (Wildman–Crippen LogP) is 1.90. The first-order valence-corrected chi connectivity index (χ1v) is 6.70. The molecule has 2 rings (SSSR count). The fourth-order valence-electron chi connectivity index (χ4n) is 1.52. The van der Waals surface area contributed by atoms with Crippen LogP contribution >= 0.6 is 23.4 Å². The molecule has 1 aromatic heterocycles. The second-order valence-corrected chi connectivity index (χ2v) is 5.57. The fourth-order valence-corrected chi connectivity index (χ4v) is 2.61. The van der Waals surface area contributed by atoms with Gasteiger partial charge in [-0.15, -0.1) is 5.10 Å². The number of hydrogen-bond donors (Lipinski definition) is 1. The van der Waals surface area contributed by atoms with Gasteiger partial charge in [-0.2, -0.15) is 0 Å². The van der Waals surface area contributed by atoms with E-state index in [1.807, 2.05) is 25.1 Å². The van der Waals surface area contributed by atoms with Crippen molar-refractivity contribution >= 4 is 23.4 Å².